The Morgan fingerprint density at radius 1 is 1.00 bits per heavy atom. The summed E-state index contributed by atoms with van der Waals surface area (Å²) in [4.78, 5) is 17.2. The first-order valence-corrected chi connectivity index (χ1v) is 9.70. The second kappa shape index (κ2) is 13.6. The molecule has 0 aliphatic carbocycles. The average Bonchev–Trinajstić information content (AvgIpc) is 2.60. The van der Waals surface area contributed by atoms with E-state index in [2.05, 4.69) is 11.8 Å². The third-order valence-corrected chi connectivity index (χ3v) is 5.25. The summed E-state index contributed by atoms with van der Waals surface area (Å²) in [5.41, 5.74) is -1.01. The van der Waals surface area contributed by atoms with Gasteiger partial charge in [-0.2, -0.15) is 5.26 Å². The Hall–Kier alpha value is -0.650. The predicted molar refractivity (Wildman–Crippen MR) is 97.6 cm³/mol. The summed E-state index contributed by atoms with van der Waals surface area (Å²) in [7, 11) is 1.70. The zero-order valence-electron chi connectivity index (χ0n) is 16.2. The van der Waals surface area contributed by atoms with Crippen LogP contribution in [0.5, 0.6) is 0 Å². The first-order chi connectivity index (χ1) is 11.4. The fraction of sp³-hybridized carbons (Fsp3) is 0.947. The van der Waals surface area contributed by atoms with E-state index >= 15 is 0 Å². The van der Waals surface area contributed by atoms with Gasteiger partial charge >= 0.3 is 5.97 Å². The first kappa shape index (κ1) is 23.4. The van der Waals surface area contributed by atoms with Crippen molar-refractivity contribution in [3.05, 3.63) is 0 Å². The molecule has 0 saturated carbocycles. The van der Waals surface area contributed by atoms with Crippen LogP contribution in [0, 0.1) is 0 Å². The summed E-state index contributed by atoms with van der Waals surface area (Å²) in [6, 6.07) is 0. The van der Waals surface area contributed by atoms with Crippen LogP contribution in [0.3, 0.4) is 0 Å². The molecule has 0 aliphatic rings. The summed E-state index contributed by atoms with van der Waals surface area (Å²) in [5, 5.41) is 18.9. The lowest BCUT2D eigenvalue weighted by atomic mass is 9.96. The van der Waals surface area contributed by atoms with Gasteiger partial charge in [0.05, 0.1) is 0 Å². The molecular formula is C19H39NO4. The molecule has 0 spiro atoms. The normalized spacial score (nSPS) is 15.3. The highest BCUT2D eigenvalue weighted by atomic mass is 17.1. The van der Waals surface area contributed by atoms with Crippen LogP contribution in [-0.2, 0) is 9.68 Å². The standard InChI is InChI=1S/C19H39NO4/c1-5-7-8-9-10-11-12-13-14-15-16-17(21)20(4)19(3,6-2)18(22)24-23/h17,21,23H,5-16H2,1-4H3. The van der Waals surface area contributed by atoms with Crippen molar-refractivity contribution in [1.82, 2.24) is 4.90 Å². The molecule has 0 aromatic carbocycles. The van der Waals surface area contributed by atoms with E-state index in [1.54, 1.807) is 18.9 Å². The maximum atomic E-state index is 11.7. The highest BCUT2D eigenvalue weighted by molar-refractivity contribution is 5.79. The van der Waals surface area contributed by atoms with Gasteiger partial charge in [-0.1, -0.05) is 71.6 Å². The van der Waals surface area contributed by atoms with Crippen molar-refractivity contribution in [1.29, 1.82) is 0 Å². The quantitative estimate of drug-likeness (QED) is 0.194. The summed E-state index contributed by atoms with van der Waals surface area (Å²) in [6.07, 6.45) is 12.9. The number of unbranched alkanes of at least 4 members (excludes halogenated alkanes) is 9. The highest BCUT2D eigenvalue weighted by Crippen LogP contribution is 2.23. The molecule has 0 heterocycles. The molecule has 0 amide bonds. The Bertz CT molecular complexity index is 324. The van der Waals surface area contributed by atoms with Crippen LogP contribution in [0.15, 0.2) is 0 Å². The van der Waals surface area contributed by atoms with E-state index < -0.39 is 17.7 Å². The molecule has 24 heavy (non-hydrogen) atoms. The average molecular weight is 346 g/mol. The molecule has 0 rings (SSSR count). The molecule has 0 bridgehead atoms. The molecule has 2 N–H and O–H groups in total. The van der Waals surface area contributed by atoms with Gasteiger partial charge in [0.15, 0.2) is 0 Å². The topological polar surface area (TPSA) is 70.0 Å². The molecule has 0 aromatic heterocycles. The SMILES string of the molecule is CCCCCCCCCCCCC(O)N(C)C(C)(CC)C(=O)OO. The maximum absolute atomic E-state index is 11.7. The molecule has 144 valence electrons. The van der Waals surface area contributed by atoms with Crippen LogP contribution >= 0.6 is 0 Å². The minimum Gasteiger partial charge on any atom is -0.378 e. The van der Waals surface area contributed by atoms with Crippen molar-refractivity contribution >= 4 is 5.97 Å². The van der Waals surface area contributed by atoms with Gasteiger partial charge in [-0.05, 0) is 33.2 Å². The Labute approximate surface area is 148 Å². The highest BCUT2D eigenvalue weighted by Gasteiger charge is 2.40. The van der Waals surface area contributed by atoms with Gasteiger partial charge < -0.3 is 5.11 Å². The zero-order chi connectivity index (χ0) is 18.4. The van der Waals surface area contributed by atoms with Crippen molar-refractivity contribution in [3.63, 3.8) is 0 Å². The van der Waals surface area contributed by atoms with Crippen molar-refractivity contribution in [2.45, 2.75) is 110 Å². The van der Waals surface area contributed by atoms with Crippen LogP contribution < -0.4 is 0 Å². The molecule has 2 atom stereocenters. The lowest BCUT2D eigenvalue weighted by Crippen LogP contribution is -2.54. The minimum absolute atomic E-state index is 0.456. The lowest BCUT2D eigenvalue weighted by Gasteiger charge is -2.37. The smallest absolute Gasteiger partial charge is 0.361 e. The van der Waals surface area contributed by atoms with Crippen LogP contribution in [0.25, 0.3) is 0 Å². The number of aliphatic hydroxyl groups is 1. The number of hydrogen-bond donors (Lipinski definition) is 2. The molecular weight excluding hydrogens is 306 g/mol. The summed E-state index contributed by atoms with van der Waals surface area (Å²) < 4.78 is 0. The first-order valence-electron chi connectivity index (χ1n) is 9.70. The Kier molecular flexibility index (Phi) is 13.3. The molecule has 0 aromatic rings. The van der Waals surface area contributed by atoms with Crippen LogP contribution in [0.1, 0.15) is 97.8 Å². The second-order valence-electron chi connectivity index (χ2n) is 7.07. The number of hydrogen-bond acceptors (Lipinski definition) is 5. The Morgan fingerprint density at radius 3 is 1.88 bits per heavy atom. The summed E-state index contributed by atoms with van der Waals surface area (Å²) >= 11 is 0. The molecule has 5 nitrogen and oxygen atoms in total. The van der Waals surface area contributed by atoms with E-state index in [0.717, 1.165) is 12.8 Å². The van der Waals surface area contributed by atoms with Gasteiger partial charge in [0.1, 0.15) is 11.8 Å². The van der Waals surface area contributed by atoms with Gasteiger partial charge in [-0.25, -0.2) is 4.79 Å². The largest absolute Gasteiger partial charge is 0.378 e. The fourth-order valence-electron chi connectivity index (χ4n) is 2.97. The predicted octanol–water partition coefficient (Wildman–Crippen LogP) is 4.73. The number of likely N-dealkylation sites (N-methyl/N-ethyl adjacent to an activating group) is 1. The zero-order valence-corrected chi connectivity index (χ0v) is 16.2. The Morgan fingerprint density at radius 2 is 1.46 bits per heavy atom. The summed E-state index contributed by atoms with van der Waals surface area (Å²) in [5.74, 6) is -0.727. The number of nitrogens with zero attached hydrogens (tertiary/aromatic N) is 1. The monoisotopic (exact) mass is 345 g/mol. The third-order valence-electron chi connectivity index (χ3n) is 5.25. The van der Waals surface area contributed by atoms with Crippen LogP contribution in [0.2, 0.25) is 0 Å². The fourth-order valence-corrected chi connectivity index (χ4v) is 2.97. The number of carbonyl (C=O) groups is 1. The van der Waals surface area contributed by atoms with Gasteiger partial charge in [-0.15, -0.1) is 0 Å². The maximum Gasteiger partial charge on any atom is 0.361 e. The molecule has 0 aliphatic heterocycles. The van der Waals surface area contributed by atoms with Crippen molar-refractivity contribution in [3.8, 4) is 0 Å². The van der Waals surface area contributed by atoms with E-state index in [0.29, 0.717) is 12.8 Å². The number of rotatable bonds is 15. The van der Waals surface area contributed by atoms with E-state index in [9.17, 15) is 9.90 Å². The van der Waals surface area contributed by atoms with Gasteiger partial charge in [0.2, 0.25) is 0 Å². The van der Waals surface area contributed by atoms with E-state index in [-0.39, 0.29) is 0 Å². The Balaban J connectivity index is 3.85. The van der Waals surface area contributed by atoms with Crippen molar-refractivity contribution in [2.24, 2.45) is 0 Å². The van der Waals surface area contributed by atoms with E-state index in [4.69, 9.17) is 5.26 Å². The number of carbonyl (C=O) groups excluding carboxylic acids is 1. The van der Waals surface area contributed by atoms with Crippen LogP contribution in [0.4, 0.5) is 0 Å². The minimum atomic E-state index is -1.01. The molecule has 0 fully saturated rings. The van der Waals surface area contributed by atoms with Crippen molar-refractivity contribution in [2.75, 3.05) is 7.05 Å². The molecule has 2 unspecified atom stereocenters. The van der Waals surface area contributed by atoms with Crippen molar-refractivity contribution < 1.29 is 20.0 Å². The number of aliphatic hydroxyl groups excluding tert-OH is 1. The molecule has 0 radical (unpaired) electrons. The lowest BCUT2D eigenvalue weighted by molar-refractivity contribution is -0.249. The summed E-state index contributed by atoms with van der Waals surface area (Å²) in [6.45, 7) is 5.75. The third kappa shape index (κ3) is 8.45. The second-order valence-corrected chi connectivity index (χ2v) is 7.07. The van der Waals surface area contributed by atoms with Gasteiger partial charge in [-0.3, -0.25) is 9.79 Å². The van der Waals surface area contributed by atoms with Crippen LogP contribution in [-0.4, -0.2) is 40.0 Å². The molecule has 0 saturated heterocycles. The van der Waals surface area contributed by atoms with E-state index in [1.807, 2.05) is 6.92 Å². The molecule has 5 heteroatoms. The van der Waals surface area contributed by atoms with Gasteiger partial charge in [0.25, 0.3) is 0 Å². The van der Waals surface area contributed by atoms with Gasteiger partial charge in [0, 0.05) is 0 Å². The van der Waals surface area contributed by atoms with E-state index in [1.165, 1.54) is 51.4 Å².